The van der Waals surface area contributed by atoms with Crippen LogP contribution in [0.15, 0.2) is 0 Å². The molecule has 0 fully saturated rings. The van der Waals surface area contributed by atoms with Crippen LogP contribution in [0, 0.1) is 0 Å². The van der Waals surface area contributed by atoms with Gasteiger partial charge in [0.25, 0.3) is 0 Å². The summed E-state index contributed by atoms with van der Waals surface area (Å²) >= 11 is 0. The van der Waals surface area contributed by atoms with Gasteiger partial charge in [0.05, 0.1) is 13.2 Å². The van der Waals surface area contributed by atoms with Crippen molar-refractivity contribution in [2.45, 2.75) is 32.3 Å². The van der Waals surface area contributed by atoms with Crippen LogP contribution in [0.25, 0.3) is 0 Å². The average molecular weight is 350 g/mol. The highest BCUT2D eigenvalue weighted by Gasteiger charge is 2.20. The number of ether oxygens (including phenoxy) is 4. The van der Waals surface area contributed by atoms with Gasteiger partial charge in [-0.2, -0.15) is 0 Å². The summed E-state index contributed by atoms with van der Waals surface area (Å²) in [6, 6.07) is 0. The molecule has 0 radical (unpaired) electrons. The molecule has 0 heterocycles. The molecule has 0 saturated heterocycles. The number of carbonyl (C=O) groups excluding carboxylic acids is 4. The molecule has 0 aromatic rings. The van der Waals surface area contributed by atoms with Crippen LogP contribution in [0.1, 0.15) is 26.2 Å². The molecular formula is C14H22O10. The lowest BCUT2D eigenvalue weighted by atomic mass is 10.2. The Labute approximate surface area is 138 Å². The third-order valence-electron chi connectivity index (χ3n) is 2.44. The van der Waals surface area contributed by atoms with Crippen molar-refractivity contribution < 1.29 is 48.3 Å². The van der Waals surface area contributed by atoms with Crippen molar-refractivity contribution in [2.75, 3.05) is 33.0 Å². The van der Waals surface area contributed by atoms with Crippen molar-refractivity contribution in [3.05, 3.63) is 0 Å². The number of hydrogen-bond donors (Lipinski definition) is 2. The van der Waals surface area contributed by atoms with E-state index in [1.165, 1.54) is 6.92 Å². The first-order valence-electron chi connectivity index (χ1n) is 7.29. The Morgan fingerprint density at radius 1 is 0.833 bits per heavy atom. The minimum absolute atomic E-state index is 0.0232. The van der Waals surface area contributed by atoms with Crippen molar-refractivity contribution in [1.82, 2.24) is 0 Å². The Balaban J connectivity index is 3.89. The highest BCUT2D eigenvalue weighted by molar-refractivity contribution is 5.81. The Hall–Kier alpha value is -2.20. The molecule has 0 aromatic heterocycles. The molecule has 24 heavy (non-hydrogen) atoms. The van der Waals surface area contributed by atoms with Gasteiger partial charge in [-0.25, -0.2) is 9.59 Å². The van der Waals surface area contributed by atoms with E-state index in [9.17, 15) is 19.2 Å². The average Bonchev–Trinajstić information content (AvgIpc) is 2.55. The fraction of sp³-hybridized carbons (Fsp3) is 0.714. The van der Waals surface area contributed by atoms with E-state index in [1.54, 1.807) is 0 Å². The molecule has 0 amide bonds. The Morgan fingerprint density at radius 2 is 1.38 bits per heavy atom. The van der Waals surface area contributed by atoms with Crippen LogP contribution in [-0.4, -0.2) is 73.2 Å². The maximum Gasteiger partial charge on any atom is 0.347 e. The van der Waals surface area contributed by atoms with Crippen molar-refractivity contribution in [1.29, 1.82) is 0 Å². The SMILES string of the molecule is CC(OC(=O)CCCC(=O)OCCO)C(=O)OCC(=O)OCCO. The van der Waals surface area contributed by atoms with E-state index in [0.29, 0.717) is 0 Å². The van der Waals surface area contributed by atoms with E-state index in [2.05, 4.69) is 14.2 Å². The second kappa shape index (κ2) is 13.3. The molecule has 0 aliphatic rings. The van der Waals surface area contributed by atoms with Crippen LogP contribution < -0.4 is 0 Å². The highest BCUT2D eigenvalue weighted by Crippen LogP contribution is 2.03. The number of aliphatic hydroxyl groups excluding tert-OH is 2. The van der Waals surface area contributed by atoms with E-state index >= 15 is 0 Å². The molecular weight excluding hydrogens is 328 g/mol. The van der Waals surface area contributed by atoms with Gasteiger partial charge < -0.3 is 29.2 Å². The van der Waals surface area contributed by atoms with Crippen LogP contribution in [0.4, 0.5) is 0 Å². The molecule has 0 bridgehead atoms. The van der Waals surface area contributed by atoms with E-state index in [0.717, 1.165) is 0 Å². The van der Waals surface area contributed by atoms with Gasteiger partial charge in [0.2, 0.25) is 0 Å². The summed E-state index contributed by atoms with van der Waals surface area (Å²) in [5.74, 6) is -3.02. The van der Waals surface area contributed by atoms with E-state index in [-0.39, 0.29) is 45.7 Å². The maximum absolute atomic E-state index is 11.5. The highest BCUT2D eigenvalue weighted by atomic mass is 16.6. The molecule has 138 valence electrons. The summed E-state index contributed by atoms with van der Waals surface area (Å²) in [5, 5.41) is 16.9. The minimum Gasteiger partial charge on any atom is -0.463 e. The molecule has 0 spiro atoms. The normalized spacial score (nSPS) is 11.3. The van der Waals surface area contributed by atoms with Crippen LogP contribution >= 0.6 is 0 Å². The van der Waals surface area contributed by atoms with Gasteiger partial charge in [0.1, 0.15) is 13.2 Å². The molecule has 10 heteroatoms. The molecule has 2 N–H and O–H groups in total. The van der Waals surface area contributed by atoms with Crippen LogP contribution in [0.5, 0.6) is 0 Å². The lowest BCUT2D eigenvalue weighted by Gasteiger charge is -2.12. The number of hydrogen-bond acceptors (Lipinski definition) is 10. The van der Waals surface area contributed by atoms with Crippen molar-refractivity contribution in [3.63, 3.8) is 0 Å². The first-order valence-corrected chi connectivity index (χ1v) is 7.29. The summed E-state index contributed by atoms with van der Waals surface area (Å²) in [7, 11) is 0. The van der Waals surface area contributed by atoms with Gasteiger partial charge in [-0.05, 0) is 13.3 Å². The van der Waals surface area contributed by atoms with Gasteiger partial charge in [-0.15, -0.1) is 0 Å². The summed E-state index contributed by atoms with van der Waals surface area (Å²) in [4.78, 5) is 45.2. The fourth-order valence-electron chi connectivity index (χ4n) is 1.36. The van der Waals surface area contributed by atoms with Gasteiger partial charge in [-0.1, -0.05) is 0 Å². The van der Waals surface area contributed by atoms with E-state index in [1.807, 2.05) is 0 Å². The first kappa shape index (κ1) is 21.8. The van der Waals surface area contributed by atoms with Crippen LogP contribution in [0.2, 0.25) is 0 Å². The molecule has 0 rings (SSSR count). The number of esters is 4. The maximum atomic E-state index is 11.5. The number of aliphatic hydroxyl groups is 2. The molecule has 10 nitrogen and oxygen atoms in total. The minimum atomic E-state index is -1.22. The zero-order valence-electron chi connectivity index (χ0n) is 13.4. The van der Waals surface area contributed by atoms with Crippen molar-refractivity contribution in [2.24, 2.45) is 0 Å². The number of rotatable bonds is 12. The third-order valence-corrected chi connectivity index (χ3v) is 2.44. The molecule has 0 aliphatic carbocycles. The quantitative estimate of drug-likeness (QED) is 0.322. The predicted molar refractivity (Wildman–Crippen MR) is 76.5 cm³/mol. The topological polar surface area (TPSA) is 146 Å². The fourth-order valence-corrected chi connectivity index (χ4v) is 1.36. The summed E-state index contributed by atoms with van der Waals surface area (Å²) in [6.07, 6.45) is -1.18. The molecule has 0 saturated carbocycles. The number of carbonyl (C=O) groups is 4. The largest absolute Gasteiger partial charge is 0.463 e. The third kappa shape index (κ3) is 11.4. The monoisotopic (exact) mass is 350 g/mol. The second-order valence-corrected chi connectivity index (χ2v) is 4.48. The van der Waals surface area contributed by atoms with Gasteiger partial charge >= 0.3 is 23.9 Å². The van der Waals surface area contributed by atoms with Gasteiger partial charge in [0.15, 0.2) is 12.7 Å². The zero-order chi connectivity index (χ0) is 18.4. The Morgan fingerprint density at radius 3 is 1.96 bits per heavy atom. The Bertz CT molecular complexity index is 420. The van der Waals surface area contributed by atoms with Crippen LogP contribution in [-0.2, 0) is 38.1 Å². The van der Waals surface area contributed by atoms with Gasteiger partial charge in [0, 0.05) is 12.8 Å². The standard InChI is InChI=1S/C14H22O10/c1-10(14(20)23-9-13(19)22-8-6-16)24-12(18)4-2-3-11(17)21-7-5-15/h10,15-16H,2-9H2,1H3. The molecule has 1 unspecified atom stereocenters. The lowest BCUT2D eigenvalue weighted by molar-refractivity contribution is -0.171. The lowest BCUT2D eigenvalue weighted by Crippen LogP contribution is -2.28. The zero-order valence-corrected chi connectivity index (χ0v) is 13.4. The van der Waals surface area contributed by atoms with Gasteiger partial charge in [-0.3, -0.25) is 9.59 Å². The van der Waals surface area contributed by atoms with Crippen molar-refractivity contribution >= 4 is 23.9 Å². The predicted octanol–water partition coefficient (Wildman–Crippen LogP) is -1.30. The smallest absolute Gasteiger partial charge is 0.347 e. The van der Waals surface area contributed by atoms with Crippen LogP contribution in [0.3, 0.4) is 0 Å². The first-order chi connectivity index (χ1) is 11.4. The summed E-state index contributed by atoms with van der Waals surface area (Å²) in [5.41, 5.74) is 0. The van der Waals surface area contributed by atoms with E-state index < -0.39 is 36.6 Å². The Kier molecular flexibility index (Phi) is 12.0. The summed E-state index contributed by atoms with van der Waals surface area (Å²) in [6.45, 7) is -0.316. The molecule has 0 aromatic carbocycles. The second-order valence-electron chi connectivity index (χ2n) is 4.48. The van der Waals surface area contributed by atoms with E-state index in [4.69, 9.17) is 14.9 Å². The molecule has 1 atom stereocenters. The summed E-state index contributed by atoms with van der Waals surface area (Å²) < 4.78 is 18.4. The van der Waals surface area contributed by atoms with Crippen molar-refractivity contribution in [3.8, 4) is 0 Å². The molecule has 0 aliphatic heterocycles.